The smallest absolute Gasteiger partial charge is 0.238 e. The van der Waals surface area contributed by atoms with Gasteiger partial charge in [0, 0.05) is 31.4 Å². The zero-order valence-corrected chi connectivity index (χ0v) is 13.9. The molecule has 0 spiro atoms. The highest BCUT2D eigenvalue weighted by molar-refractivity contribution is 7.89. The van der Waals surface area contributed by atoms with Crippen LogP contribution in [0.1, 0.15) is 6.92 Å². The monoisotopic (exact) mass is 348 g/mol. The molecular formula is C13H21ClN4O3S. The number of halogens is 1. The summed E-state index contributed by atoms with van der Waals surface area (Å²) in [6, 6.07) is 6.11. The summed E-state index contributed by atoms with van der Waals surface area (Å²) in [7, 11) is -3.71. The van der Waals surface area contributed by atoms with Gasteiger partial charge in [0.25, 0.3) is 0 Å². The normalized spacial score (nSPS) is 19.3. The molecule has 0 bridgehead atoms. The Morgan fingerprint density at radius 1 is 1.41 bits per heavy atom. The van der Waals surface area contributed by atoms with Gasteiger partial charge in [-0.15, -0.1) is 12.4 Å². The maximum absolute atomic E-state index is 12.0. The SMILES string of the molecule is C[C@H]1CNCCN1CC(=O)Nc1ccc(S(N)(=O)=O)cc1.Cl. The predicted molar refractivity (Wildman–Crippen MR) is 87.6 cm³/mol. The predicted octanol–water partition coefficient (Wildman–Crippen LogP) is -0.0120. The Morgan fingerprint density at radius 2 is 2.05 bits per heavy atom. The van der Waals surface area contributed by atoms with Crippen LogP contribution in [0, 0.1) is 0 Å². The summed E-state index contributed by atoms with van der Waals surface area (Å²) in [5.74, 6) is -0.118. The van der Waals surface area contributed by atoms with Crippen LogP contribution in [0.25, 0.3) is 0 Å². The number of benzene rings is 1. The molecule has 1 saturated heterocycles. The van der Waals surface area contributed by atoms with E-state index in [2.05, 4.69) is 22.5 Å². The fourth-order valence-corrected chi connectivity index (χ4v) is 2.75. The largest absolute Gasteiger partial charge is 0.325 e. The second-order valence-corrected chi connectivity index (χ2v) is 6.70. The first-order valence-electron chi connectivity index (χ1n) is 6.74. The van der Waals surface area contributed by atoms with Gasteiger partial charge in [0.05, 0.1) is 11.4 Å². The molecule has 0 radical (unpaired) electrons. The van der Waals surface area contributed by atoms with Crippen LogP contribution in [0.3, 0.4) is 0 Å². The van der Waals surface area contributed by atoms with Crippen molar-refractivity contribution in [2.45, 2.75) is 17.9 Å². The summed E-state index contributed by atoms with van der Waals surface area (Å²) in [6.45, 7) is 4.97. The minimum absolute atomic E-state index is 0. The van der Waals surface area contributed by atoms with Crippen molar-refractivity contribution in [1.82, 2.24) is 10.2 Å². The number of carbonyl (C=O) groups excluding carboxylic acids is 1. The molecule has 1 aromatic carbocycles. The van der Waals surface area contributed by atoms with Gasteiger partial charge in [-0.05, 0) is 31.2 Å². The summed E-state index contributed by atoms with van der Waals surface area (Å²) in [5.41, 5.74) is 0.551. The number of sulfonamides is 1. The third-order valence-corrected chi connectivity index (χ3v) is 4.38. The molecule has 1 atom stereocenters. The molecule has 22 heavy (non-hydrogen) atoms. The van der Waals surface area contributed by atoms with E-state index < -0.39 is 10.0 Å². The molecule has 1 amide bonds. The van der Waals surface area contributed by atoms with E-state index in [0.717, 1.165) is 19.6 Å². The number of nitrogens with two attached hydrogens (primary N) is 1. The van der Waals surface area contributed by atoms with E-state index in [-0.39, 0.29) is 23.2 Å². The highest BCUT2D eigenvalue weighted by Crippen LogP contribution is 2.13. The zero-order valence-electron chi connectivity index (χ0n) is 12.3. The number of hydrogen-bond donors (Lipinski definition) is 3. The third kappa shape index (κ3) is 5.22. The molecule has 9 heteroatoms. The molecule has 0 aliphatic carbocycles. The number of amides is 1. The van der Waals surface area contributed by atoms with Gasteiger partial charge in [-0.3, -0.25) is 9.69 Å². The van der Waals surface area contributed by atoms with Crippen molar-refractivity contribution < 1.29 is 13.2 Å². The van der Waals surface area contributed by atoms with Gasteiger partial charge in [0.1, 0.15) is 0 Å². The van der Waals surface area contributed by atoms with Crippen molar-refractivity contribution in [2.24, 2.45) is 5.14 Å². The van der Waals surface area contributed by atoms with Crippen molar-refractivity contribution in [3.63, 3.8) is 0 Å². The Balaban J connectivity index is 0.00000242. The van der Waals surface area contributed by atoms with Gasteiger partial charge < -0.3 is 10.6 Å². The first-order chi connectivity index (χ1) is 9.86. The Morgan fingerprint density at radius 3 is 2.59 bits per heavy atom. The lowest BCUT2D eigenvalue weighted by Gasteiger charge is -2.33. The van der Waals surface area contributed by atoms with Crippen LogP contribution in [0.2, 0.25) is 0 Å². The van der Waals surface area contributed by atoms with Gasteiger partial charge in [0.15, 0.2) is 0 Å². The number of carbonyl (C=O) groups is 1. The van der Waals surface area contributed by atoms with Crippen LogP contribution in [-0.4, -0.2) is 51.4 Å². The molecule has 1 aliphatic heterocycles. The highest BCUT2D eigenvalue weighted by atomic mass is 35.5. The van der Waals surface area contributed by atoms with Crippen LogP contribution in [0.5, 0.6) is 0 Å². The molecule has 7 nitrogen and oxygen atoms in total. The van der Waals surface area contributed by atoms with Crippen molar-refractivity contribution >= 4 is 34.0 Å². The number of hydrogen-bond acceptors (Lipinski definition) is 5. The molecule has 1 fully saturated rings. The Bertz CT molecular complexity index is 606. The second-order valence-electron chi connectivity index (χ2n) is 5.14. The lowest BCUT2D eigenvalue weighted by Crippen LogP contribution is -2.51. The maximum Gasteiger partial charge on any atom is 0.238 e. The number of nitrogens with one attached hydrogen (secondary N) is 2. The quantitative estimate of drug-likeness (QED) is 0.709. The maximum atomic E-state index is 12.0. The highest BCUT2D eigenvalue weighted by Gasteiger charge is 2.20. The fraction of sp³-hybridized carbons (Fsp3) is 0.462. The molecule has 0 saturated carbocycles. The van der Waals surface area contributed by atoms with Gasteiger partial charge >= 0.3 is 0 Å². The summed E-state index contributed by atoms with van der Waals surface area (Å²) in [5, 5.41) is 11.0. The van der Waals surface area contributed by atoms with E-state index in [1.165, 1.54) is 24.3 Å². The molecular weight excluding hydrogens is 328 g/mol. The van der Waals surface area contributed by atoms with Crippen molar-refractivity contribution in [3.05, 3.63) is 24.3 Å². The number of nitrogens with zero attached hydrogens (tertiary/aromatic N) is 1. The van der Waals surface area contributed by atoms with E-state index in [0.29, 0.717) is 18.3 Å². The topological polar surface area (TPSA) is 105 Å². The van der Waals surface area contributed by atoms with E-state index in [4.69, 9.17) is 5.14 Å². The van der Waals surface area contributed by atoms with Crippen molar-refractivity contribution in [3.8, 4) is 0 Å². The lowest BCUT2D eigenvalue weighted by atomic mass is 10.2. The molecule has 124 valence electrons. The average Bonchev–Trinajstić information content (AvgIpc) is 2.41. The van der Waals surface area contributed by atoms with Gasteiger partial charge in [-0.1, -0.05) is 0 Å². The number of primary sulfonamides is 1. The van der Waals surface area contributed by atoms with E-state index in [9.17, 15) is 13.2 Å². The second kappa shape index (κ2) is 7.89. The third-order valence-electron chi connectivity index (χ3n) is 3.45. The van der Waals surface area contributed by atoms with Crippen LogP contribution in [0.4, 0.5) is 5.69 Å². The summed E-state index contributed by atoms with van der Waals surface area (Å²) < 4.78 is 22.3. The summed E-state index contributed by atoms with van der Waals surface area (Å²) in [6.07, 6.45) is 0. The van der Waals surface area contributed by atoms with E-state index >= 15 is 0 Å². The minimum Gasteiger partial charge on any atom is -0.325 e. The van der Waals surface area contributed by atoms with E-state index in [1.807, 2.05) is 0 Å². The van der Waals surface area contributed by atoms with Crippen LogP contribution in [0.15, 0.2) is 29.2 Å². The fourth-order valence-electron chi connectivity index (χ4n) is 2.23. The molecule has 1 heterocycles. The van der Waals surface area contributed by atoms with Crippen LogP contribution in [-0.2, 0) is 14.8 Å². The Kier molecular flexibility index (Phi) is 6.76. The molecule has 0 unspecified atom stereocenters. The van der Waals surface area contributed by atoms with E-state index in [1.54, 1.807) is 0 Å². The minimum atomic E-state index is -3.71. The number of anilines is 1. The van der Waals surface area contributed by atoms with Crippen LogP contribution < -0.4 is 15.8 Å². The Labute approximate surface area is 136 Å². The molecule has 1 aliphatic rings. The number of rotatable bonds is 4. The molecule has 1 aromatic rings. The van der Waals surface area contributed by atoms with Gasteiger partial charge in [-0.2, -0.15) is 0 Å². The zero-order chi connectivity index (χ0) is 15.5. The van der Waals surface area contributed by atoms with Crippen LogP contribution >= 0.6 is 12.4 Å². The summed E-state index contributed by atoms with van der Waals surface area (Å²) >= 11 is 0. The average molecular weight is 349 g/mol. The standard InChI is InChI=1S/C13H20N4O3S.ClH/c1-10-8-15-6-7-17(10)9-13(18)16-11-2-4-12(5-3-11)21(14,19)20;/h2-5,10,15H,6-9H2,1H3,(H,16,18)(H2,14,19,20);1H/t10-;/m0./s1. The first kappa shape index (κ1) is 18.9. The van der Waals surface area contributed by atoms with Crippen molar-refractivity contribution in [2.75, 3.05) is 31.5 Å². The molecule has 0 aromatic heterocycles. The molecule has 4 N–H and O–H groups in total. The Hall–Kier alpha value is -1.19. The number of piperazine rings is 1. The van der Waals surface area contributed by atoms with Gasteiger partial charge in [-0.25, -0.2) is 13.6 Å². The molecule has 2 rings (SSSR count). The first-order valence-corrected chi connectivity index (χ1v) is 8.28. The lowest BCUT2D eigenvalue weighted by molar-refractivity contribution is -0.118. The summed E-state index contributed by atoms with van der Waals surface area (Å²) in [4.78, 5) is 14.1. The van der Waals surface area contributed by atoms with Crippen molar-refractivity contribution in [1.29, 1.82) is 0 Å². The van der Waals surface area contributed by atoms with Gasteiger partial charge in [0.2, 0.25) is 15.9 Å².